The average molecular weight is 487 g/mol. The Morgan fingerprint density at radius 2 is 0.667 bits per heavy atom. The molecule has 8 nitrogen and oxygen atoms in total. The van der Waals surface area contributed by atoms with Crippen molar-refractivity contribution in [1.29, 1.82) is 0 Å². The van der Waals surface area contributed by atoms with Crippen molar-refractivity contribution in [1.82, 2.24) is 0 Å². The Labute approximate surface area is 174 Å². The van der Waals surface area contributed by atoms with Gasteiger partial charge in [-0.05, 0) is 41.5 Å². The van der Waals surface area contributed by atoms with E-state index < -0.39 is 0 Å². The van der Waals surface area contributed by atoms with Crippen molar-refractivity contribution in [2.24, 2.45) is 0 Å². The van der Waals surface area contributed by atoms with Crippen LogP contribution in [0.5, 0.6) is 0 Å². The number of allylic oxidation sites excluding steroid dienone is 6. The Kier molecular flexibility index (Phi) is 38.7. The molecular weight excluding hydrogens is 459 g/mol. The quantitative estimate of drug-likeness (QED) is 0.402. The van der Waals surface area contributed by atoms with Gasteiger partial charge in [0.25, 0.3) is 0 Å². The molecule has 7 N–H and O–H groups in total. The zero-order chi connectivity index (χ0) is 17.6. The van der Waals surface area contributed by atoms with Crippen molar-refractivity contribution in [3.05, 3.63) is 35.5 Å². The van der Waals surface area contributed by atoms with Crippen molar-refractivity contribution in [3.63, 3.8) is 0 Å². The van der Waals surface area contributed by atoms with Gasteiger partial charge in [0.05, 0.1) is 17.3 Å². The molecule has 0 spiro atoms. The van der Waals surface area contributed by atoms with E-state index in [0.29, 0.717) is 0 Å². The molecular formula is C15H28O8Sm. The molecule has 0 aromatic carbocycles. The molecule has 0 bridgehead atoms. The zero-order valence-corrected chi connectivity index (χ0v) is 17.3. The third kappa shape index (κ3) is 69.7. The summed E-state index contributed by atoms with van der Waals surface area (Å²) in [7, 11) is 0. The second-order valence-electron chi connectivity index (χ2n) is 4.19. The molecule has 0 fully saturated rings. The molecule has 0 saturated heterocycles. The molecule has 0 saturated carbocycles. The van der Waals surface area contributed by atoms with Crippen molar-refractivity contribution in [2.45, 2.75) is 41.5 Å². The number of aliphatic hydroxyl groups is 3. The molecule has 0 heterocycles. The van der Waals surface area contributed by atoms with Crippen molar-refractivity contribution in [3.8, 4) is 0 Å². The Bertz CT molecular complexity index is 372. The van der Waals surface area contributed by atoms with Crippen LogP contribution >= 0.6 is 0 Å². The first-order valence-electron chi connectivity index (χ1n) is 6.02. The minimum absolute atomic E-state index is 0. The summed E-state index contributed by atoms with van der Waals surface area (Å²) >= 11 is 0. The van der Waals surface area contributed by atoms with Crippen LogP contribution in [0.25, 0.3) is 0 Å². The number of aliphatic hydroxyl groups excluding tert-OH is 3. The first kappa shape index (κ1) is 38.4. The van der Waals surface area contributed by atoms with E-state index in [1.807, 2.05) is 0 Å². The van der Waals surface area contributed by atoms with Crippen LogP contribution in [-0.2, 0) is 14.4 Å². The monoisotopic (exact) mass is 488 g/mol. The maximum absolute atomic E-state index is 10.0. The standard InChI is InChI=1S/3C5H8O2.2H2O.Sm/c3*1-4(6)3-5(2)7;;;/h3*3,6H,1-2H3;2*1H2;/b3*4-3-;;;. The fourth-order valence-electron chi connectivity index (χ4n) is 0.882. The summed E-state index contributed by atoms with van der Waals surface area (Å²) in [6.45, 7) is 8.54. The predicted molar refractivity (Wildman–Crippen MR) is 88.4 cm³/mol. The van der Waals surface area contributed by atoms with E-state index >= 15 is 0 Å². The number of carbonyl (C=O) groups is 3. The van der Waals surface area contributed by atoms with Crippen LogP contribution < -0.4 is 0 Å². The van der Waals surface area contributed by atoms with Gasteiger partial charge in [0.15, 0.2) is 17.3 Å². The predicted octanol–water partition coefficient (Wildman–Crippen LogP) is 1.46. The van der Waals surface area contributed by atoms with Crippen LogP contribution in [0.3, 0.4) is 0 Å². The van der Waals surface area contributed by atoms with Crippen LogP contribution in [0.15, 0.2) is 35.5 Å². The maximum atomic E-state index is 10.0. The number of ketones is 3. The van der Waals surface area contributed by atoms with Gasteiger partial charge >= 0.3 is 0 Å². The van der Waals surface area contributed by atoms with Gasteiger partial charge in [-0.2, -0.15) is 0 Å². The number of rotatable bonds is 3. The van der Waals surface area contributed by atoms with Gasteiger partial charge in [-0.15, -0.1) is 0 Å². The third-order valence-corrected chi connectivity index (χ3v) is 1.24. The summed E-state index contributed by atoms with van der Waals surface area (Å²) < 4.78 is 0. The summed E-state index contributed by atoms with van der Waals surface area (Å²) in [6, 6.07) is 0. The summed E-state index contributed by atoms with van der Waals surface area (Å²) in [5, 5.41) is 25.1. The van der Waals surface area contributed by atoms with Crippen LogP contribution in [0.4, 0.5) is 0 Å². The van der Waals surface area contributed by atoms with Gasteiger partial charge < -0.3 is 26.3 Å². The molecule has 0 radical (unpaired) electrons. The molecule has 0 aliphatic carbocycles. The molecule has 0 unspecified atom stereocenters. The normalized spacial score (nSPS) is 10.0. The minimum Gasteiger partial charge on any atom is -0.512 e. The Morgan fingerprint density at radius 1 is 0.542 bits per heavy atom. The minimum atomic E-state index is -0.125. The van der Waals surface area contributed by atoms with Crippen molar-refractivity contribution in [2.75, 3.05) is 0 Å². The van der Waals surface area contributed by atoms with Crippen molar-refractivity contribution >= 4 is 17.3 Å². The molecule has 0 amide bonds. The molecule has 0 rings (SSSR count). The fraction of sp³-hybridized carbons (Fsp3) is 0.400. The van der Waals surface area contributed by atoms with E-state index in [0.717, 1.165) is 0 Å². The Hall–Kier alpha value is -1.11. The van der Waals surface area contributed by atoms with E-state index in [1.165, 1.54) is 59.8 Å². The summed E-state index contributed by atoms with van der Waals surface area (Å²) in [4.78, 5) is 30.1. The number of hydrogen-bond acceptors (Lipinski definition) is 6. The zero-order valence-electron chi connectivity index (χ0n) is 14.7. The van der Waals surface area contributed by atoms with Gasteiger partial charge in [-0.3, -0.25) is 14.4 Å². The number of hydrogen-bond donors (Lipinski definition) is 3. The molecule has 24 heavy (non-hydrogen) atoms. The topological polar surface area (TPSA) is 175 Å². The second-order valence-corrected chi connectivity index (χ2v) is 4.19. The van der Waals surface area contributed by atoms with Crippen LogP contribution in [0.2, 0.25) is 0 Å². The average Bonchev–Trinajstić information content (AvgIpc) is 2.10. The van der Waals surface area contributed by atoms with Gasteiger partial charge in [0.2, 0.25) is 0 Å². The smallest absolute Gasteiger partial charge is 0.155 e. The first-order chi connectivity index (χ1) is 9.38. The first-order valence-corrected chi connectivity index (χ1v) is 6.02. The summed E-state index contributed by atoms with van der Waals surface area (Å²) in [5.41, 5.74) is 0. The van der Waals surface area contributed by atoms with Gasteiger partial charge in [-0.1, -0.05) is 0 Å². The SMILES string of the molecule is CC(=O)/C=C(/C)O.CC(=O)/C=C(/C)O.CC(=O)/C=C(/C)O.O.O.[Sm]. The van der Waals surface area contributed by atoms with E-state index in [9.17, 15) is 14.4 Å². The third-order valence-electron chi connectivity index (χ3n) is 1.24. The van der Waals surface area contributed by atoms with E-state index in [2.05, 4.69) is 0 Å². The fourth-order valence-corrected chi connectivity index (χ4v) is 0.882. The molecule has 0 aliphatic rings. The van der Waals surface area contributed by atoms with Gasteiger partial charge in [-0.25, -0.2) is 0 Å². The molecule has 0 atom stereocenters. The van der Waals surface area contributed by atoms with E-state index in [-0.39, 0.29) is 86.0 Å². The molecule has 0 aromatic heterocycles. The van der Waals surface area contributed by atoms with Crippen LogP contribution in [-0.4, -0.2) is 43.6 Å². The van der Waals surface area contributed by atoms with E-state index in [1.54, 1.807) is 0 Å². The van der Waals surface area contributed by atoms with E-state index in [4.69, 9.17) is 15.3 Å². The molecule has 0 aromatic rings. The van der Waals surface area contributed by atoms with Gasteiger partial charge in [0, 0.05) is 58.6 Å². The van der Waals surface area contributed by atoms with Crippen LogP contribution in [0.1, 0.15) is 41.5 Å². The Balaban J connectivity index is -0.0000000476. The molecule has 9 heteroatoms. The van der Waals surface area contributed by atoms with Crippen molar-refractivity contribution < 1.29 is 81.0 Å². The summed E-state index contributed by atoms with van der Waals surface area (Å²) in [5.74, 6) is -0.187. The van der Waals surface area contributed by atoms with Crippen LogP contribution in [0, 0.1) is 40.4 Å². The molecule has 0 aliphatic heterocycles. The van der Waals surface area contributed by atoms with Gasteiger partial charge in [0.1, 0.15) is 0 Å². The maximum Gasteiger partial charge on any atom is 0.155 e. The second kappa shape index (κ2) is 24.1. The number of carbonyl (C=O) groups excluding carboxylic acids is 3. The summed E-state index contributed by atoms with van der Waals surface area (Å²) in [6.07, 6.45) is 3.50. The largest absolute Gasteiger partial charge is 0.512 e. The Morgan fingerprint density at radius 3 is 0.667 bits per heavy atom. The molecule has 142 valence electrons.